The molecule has 3 aromatic rings. The van der Waals surface area contributed by atoms with Gasteiger partial charge in [-0.1, -0.05) is 29.8 Å². The van der Waals surface area contributed by atoms with Crippen LogP contribution in [0.1, 0.15) is 11.3 Å². The molecule has 0 saturated heterocycles. The van der Waals surface area contributed by atoms with Crippen LogP contribution in [-0.2, 0) is 4.79 Å². The first-order valence-electron chi connectivity index (χ1n) is 7.75. The van der Waals surface area contributed by atoms with Crippen molar-refractivity contribution in [1.82, 2.24) is 4.98 Å². The third-order valence-electron chi connectivity index (χ3n) is 3.69. The molecule has 2 aromatic carbocycles. The summed E-state index contributed by atoms with van der Waals surface area (Å²) in [6.07, 6.45) is 3.11. The molecule has 25 heavy (non-hydrogen) atoms. The van der Waals surface area contributed by atoms with Gasteiger partial charge in [-0.2, -0.15) is 0 Å². The van der Waals surface area contributed by atoms with E-state index in [4.69, 9.17) is 16.3 Å². The molecular formula is C20H17ClN2O2. The normalized spacial score (nSPS) is 11.0. The lowest BCUT2D eigenvalue weighted by atomic mass is 10.2. The first-order valence-corrected chi connectivity index (χ1v) is 8.13. The van der Waals surface area contributed by atoms with E-state index in [1.54, 1.807) is 19.3 Å². The highest BCUT2D eigenvalue weighted by Gasteiger charge is 2.06. The molecular weight excluding hydrogens is 336 g/mol. The number of hydrogen-bond donors (Lipinski definition) is 1. The van der Waals surface area contributed by atoms with Crippen LogP contribution in [-0.4, -0.2) is 18.0 Å². The zero-order valence-electron chi connectivity index (χ0n) is 13.9. The maximum Gasteiger partial charge on any atom is 0.248 e. The number of hydrogen-bond acceptors (Lipinski definition) is 3. The Hall–Kier alpha value is -2.85. The summed E-state index contributed by atoms with van der Waals surface area (Å²) in [5.74, 6) is 0.364. The van der Waals surface area contributed by atoms with Crippen LogP contribution >= 0.6 is 11.6 Å². The fourth-order valence-electron chi connectivity index (χ4n) is 2.45. The second-order valence-electron chi connectivity index (χ2n) is 5.60. The fourth-order valence-corrected chi connectivity index (χ4v) is 2.62. The number of nitrogens with one attached hydrogen (secondary N) is 1. The molecule has 126 valence electrons. The first-order chi connectivity index (χ1) is 12.0. The monoisotopic (exact) mass is 352 g/mol. The summed E-state index contributed by atoms with van der Waals surface area (Å²) in [5, 5.41) is 4.45. The maximum atomic E-state index is 12.2. The van der Waals surface area contributed by atoms with E-state index < -0.39 is 0 Å². The Morgan fingerprint density at radius 3 is 2.76 bits per heavy atom. The molecule has 0 unspecified atom stereocenters. The number of aryl methyl sites for hydroxylation is 1. The second kappa shape index (κ2) is 7.36. The second-order valence-corrected chi connectivity index (χ2v) is 6.04. The van der Waals surface area contributed by atoms with Crippen molar-refractivity contribution in [1.29, 1.82) is 0 Å². The quantitative estimate of drug-likeness (QED) is 0.682. The van der Waals surface area contributed by atoms with Crippen molar-refractivity contribution in [3.8, 4) is 5.75 Å². The lowest BCUT2D eigenvalue weighted by Crippen LogP contribution is -2.09. The summed E-state index contributed by atoms with van der Waals surface area (Å²) in [7, 11) is 1.57. The number of benzene rings is 2. The molecule has 0 aliphatic rings. The predicted octanol–water partition coefficient (Wildman–Crippen LogP) is 4.86. The van der Waals surface area contributed by atoms with E-state index in [1.807, 2.05) is 49.4 Å². The molecule has 5 heteroatoms. The van der Waals surface area contributed by atoms with Crippen LogP contribution in [0.3, 0.4) is 0 Å². The Morgan fingerprint density at radius 1 is 1.16 bits per heavy atom. The van der Waals surface area contributed by atoms with Gasteiger partial charge in [0.1, 0.15) is 5.75 Å². The number of nitrogens with zero attached hydrogens (tertiary/aromatic N) is 1. The highest BCUT2D eigenvalue weighted by atomic mass is 35.5. The summed E-state index contributed by atoms with van der Waals surface area (Å²) in [5.41, 5.74) is 3.14. The van der Waals surface area contributed by atoms with Crippen LogP contribution in [0.4, 0.5) is 5.69 Å². The SMILES string of the molecule is COc1ccc(C)cc1NC(=O)/C=C/c1ccc2ccc(Cl)cc2n1. The van der Waals surface area contributed by atoms with Crippen molar-refractivity contribution in [2.45, 2.75) is 6.92 Å². The van der Waals surface area contributed by atoms with Crippen LogP contribution in [0, 0.1) is 6.92 Å². The molecule has 0 saturated carbocycles. The fraction of sp³-hybridized carbons (Fsp3) is 0.100. The molecule has 0 bridgehead atoms. The van der Waals surface area contributed by atoms with Crippen molar-refractivity contribution in [2.75, 3.05) is 12.4 Å². The molecule has 4 nitrogen and oxygen atoms in total. The molecule has 1 N–H and O–H groups in total. The number of aromatic nitrogens is 1. The van der Waals surface area contributed by atoms with Gasteiger partial charge < -0.3 is 10.1 Å². The molecule has 1 amide bonds. The molecule has 3 rings (SSSR count). The number of pyridine rings is 1. The van der Waals surface area contributed by atoms with Gasteiger partial charge in [-0.05, 0) is 48.9 Å². The van der Waals surface area contributed by atoms with Crippen molar-refractivity contribution in [3.63, 3.8) is 0 Å². The number of amides is 1. The van der Waals surface area contributed by atoms with Gasteiger partial charge in [-0.3, -0.25) is 4.79 Å². The standard InChI is InChI=1S/C20H17ClN2O2/c1-13-3-9-19(25-2)18(11-13)23-20(24)10-8-16-7-5-14-4-6-15(21)12-17(14)22-16/h3-12H,1-2H3,(H,23,24)/b10-8+. The first kappa shape index (κ1) is 17.0. The molecule has 1 heterocycles. The minimum absolute atomic E-state index is 0.253. The predicted molar refractivity (Wildman–Crippen MR) is 102 cm³/mol. The van der Waals surface area contributed by atoms with E-state index in [9.17, 15) is 4.79 Å². The zero-order valence-corrected chi connectivity index (χ0v) is 14.7. The molecule has 0 fully saturated rings. The number of fused-ring (bicyclic) bond motifs is 1. The Balaban J connectivity index is 1.77. The summed E-state index contributed by atoms with van der Waals surface area (Å²) >= 11 is 6.00. The number of ether oxygens (including phenoxy) is 1. The molecule has 0 radical (unpaired) electrons. The molecule has 0 aliphatic heterocycles. The zero-order chi connectivity index (χ0) is 17.8. The van der Waals surface area contributed by atoms with Gasteiger partial charge in [0.05, 0.1) is 24.0 Å². The van der Waals surface area contributed by atoms with Crippen molar-refractivity contribution < 1.29 is 9.53 Å². The minimum atomic E-state index is -0.253. The van der Waals surface area contributed by atoms with E-state index >= 15 is 0 Å². The van der Waals surface area contributed by atoms with Crippen LogP contribution < -0.4 is 10.1 Å². The molecule has 0 spiro atoms. The van der Waals surface area contributed by atoms with E-state index in [0.29, 0.717) is 22.2 Å². The van der Waals surface area contributed by atoms with Gasteiger partial charge >= 0.3 is 0 Å². The van der Waals surface area contributed by atoms with E-state index in [1.165, 1.54) is 6.08 Å². The molecule has 0 aliphatic carbocycles. The highest BCUT2D eigenvalue weighted by molar-refractivity contribution is 6.31. The van der Waals surface area contributed by atoms with Crippen molar-refractivity contribution >= 4 is 40.2 Å². The summed E-state index contributed by atoms with van der Waals surface area (Å²) in [4.78, 5) is 16.7. The average molecular weight is 353 g/mol. The third-order valence-corrected chi connectivity index (χ3v) is 3.93. The Bertz CT molecular complexity index is 967. The lowest BCUT2D eigenvalue weighted by Gasteiger charge is -2.09. The van der Waals surface area contributed by atoms with E-state index in [0.717, 1.165) is 16.5 Å². The summed E-state index contributed by atoms with van der Waals surface area (Å²) < 4.78 is 5.26. The van der Waals surface area contributed by atoms with Gasteiger partial charge in [-0.15, -0.1) is 0 Å². The number of carbonyl (C=O) groups is 1. The van der Waals surface area contributed by atoms with Crippen molar-refractivity contribution in [3.05, 3.63) is 70.9 Å². The number of anilines is 1. The number of methoxy groups -OCH3 is 1. The maximum absolute atomic E-state index is 12.2. The van der Waals surface area contributed by atoms with Crippen LogP contribution in [0.2, 0.25) is 5.02 Å². The average Bonchev–Trinajstić information content (AvgIpc) is 2.60. The molecule has 1 aromatic heterocycles. The van der Waals surface area contributed by atoms with Crippen molar-refractivity contribution in [2.24, 2.45) is 0 Å². The number of rotatable bonds is 4. The Kier molecular flexibility index (Phi) is 5.00. The largest absolute Gasteiger partial charge is 0.495 e. The number of carbonyl (C=O) groups excluding carboxylic acids is 1. The third kappa shape index (κ3) is 4.17. The highest BCUT2D eigenvalue weighted by Crippen LogP contribution is 2.25. The van der Waals surface area contributed by atoms with E-state index in [-0.39, 0.29) is 5.91 Å². The van der Waals surface area contributed by atoms with Crippen LogP contribution in [0.15, 0.2) is 54.6 Å². The smallest absolute Gasteiger partial charge is 0.248 e. The van der Waals surface area contributed by atoms with Gasteiger partial charge in [0.15, 0.2) is 0 Å². The van der Waals surface area contributed by atoms with Crippen LogP contribution in [0.5, 0.6) is 5.75 Å². The Morgan fingerprint density at radius 2 is 1.96 bits per heavy atom. The van der Waals surface area contributed by atoms with Gasteiger partial charge in [-0.25, -0.2) is 4.98 Å². The summed E-state index contributed by atoms with van der Waals surface area (Å²) in [6.45, 7) is 1.95. The number of halogens is 1. The van der Waals surface area contributed by atoms with E-state index in [2.05, 4.69) is 10.3 Å². The summed E-state index contributed by atoms with van der Waals surface area (Å²) in [6, 6.07) is 14.9. The molecule has 0 atom stereocenters. The lowest BCUT2D eigenvalue weighted by molar-refractivity contribution is -0.111. The Labute approximate surface area is 151 Å². The van der Waals surface area contributed by atoms with Gasteiger partial charge in [0.2, 0.25) is 5.91 Å². The van der Waals surface area contributed by atoms with Gasteiger partial charge in [0, 0.05) is 16.5 Å². The van der Waals surface area contributed by atoms with Crippen LogP contribution in [0.25, 0.3) is 17.0 Å². The van der Waals surface area contributed by atoms with Gasteiger partial charge in [0.25, 0.3) is 0 Å². The minimum Gasteiger partial charge on any atom is -0.495 e. The topological polar surface area (TPSA) is 51.2 Å².